The van der Waals surface area contributed by atoms with E-state index in [-0.39, 0.29) is 0 Å². The first-order valence-electron chi connectivity index (χ1n) is 9.00. The number of aromatic nitrogens is 1. The van der Waals surface area contributed by atoms with Crippen molar-refractivity contribution in [3.63, 3.8) is 0 Å². The largest absolute Gasteiger partial charge is 0.368 e. The Labute approximate surface area is 154 Å². The number of hydrogen-bond donors (Lipinski definition) is 1. The van der Waals surface area contributed by atoms with Gasteiger partial charge in [0.05, 0.1) is 10.7 Å². The monoisotopic (exact) mass is 357 g/mol. The lowest BCUT2D eigenvalue weighted by Crippen LogP contribution is -2.52. The number of rotatable bonds is 5. The van der Waals surface area contributed by atoms with Gasteiger partial charge in [-0.3, -0.25) is 4.99 Å². The van der Waals surface area contributed by atoms with Crippen LogP contribution >= 0.6 is 11.3 Å². The van der Waals surface area contributed by atoms with Crippen LogP contribution < -0.4 is 10.2 Å². The molecule has 1 N–H and O–H groups in total. The Morgan fingerprint density at radius 2 is 1.96 bits per heavy atom. The third-order valence-corrected chi connectivity index (χ3v) is 5.15. The molecule has 0 unspecified atom stereocenters. The molecule has 1 aliphatic rings. The number of nitrogens with zero attached hydrogens (tertiary/aromatic N) is 4. The van der Waals surface area contributed by atoms with Gasteiger partial charge in [0, 0.05) is 56.8 Å². The summed E-state index contributed by atoms with van der Waals surface area (Å²) in [6.07, 6.45) is 0.906. The van der Waals surface area contributed by atoms with Crippen LogP contribution in [-0.2, 0) is 6.42 Å². The molecule has 1 saturated heterocycles. The number of hydrogen-bond acceptors (Lipinski definition) is 4. The van der Waals surface area contributed by atoms with Crippen molar-refractivity contribution in [2.24, 2.45) is 4.99 Å². The Kier molecular flexibility index (Phi) is 6.28. The van der Waals surface area contributed by atoms with Gasteiger partial charge in [-0.05, 0) is 26.0 Å². The minimum Gasteiger partial charge on any atom is -0.368 e. The number of thiazole rings is 1. The Bertz CT molecular complexity index is 674. The maximum Gasteiger partial charge on any atom is 0.194 e. The Morgan fingerprint density at radius 3 is 2.60 bits per heavy atom. The summed E-state index contributed by atoms with van der Waals surface area (Å²) in [4.78, 5) is 14.1. The van der Waals surface area contributed by atoms with Crippen molar-refractivity contribution in [1.29, 1.82) is 0 Å². The molecule has 0 radical (unpaired) electrons. The highest BCUT2D eigenvalue weighted by Gasteiger charge is 2.19. The fourth-order valence-electron chi connectivity index (χ4n) is 3.04. The van der Waals surface area contributed by atoms with Gasteiger partial charge in [-0.15, -0.1) is 11.3 Å². The molecule has 0 bridgehead atoms. The fourth-order valence-corrected chi connectivity index (χ4v) is 3.69. The van der Waals surface area contributed by atoms with Gasteiger partial charge in [-0.1, -0.05) is 18.2 Å². The summed E-state index contributed by atoms with van der Waals surface area (Å²) < 4.78 is 0. The van der Waals surface area contributed by atoms with Crippen LogP contribution in [0, 0.1) is 6.92 Å². The van der Waals surface area contributed by atoms with Crippen LogP contribution in [0.5, 0.6) is 0 Å². The number of guanidine groups is 1. The zero-order valence-electron chi connectivity index (χ0n) is 15.1. The first-order chi connectivity index (χ1) is 12.3. The van der Waals surface area contributed by atoms with E-state index in [1.807, 2.05) is 6.92 Å². The number of piperazine rings is 1. The van der Waals surface area contributed by atoms with E-state index in [2.05, 4.69) is 62.7 Å². The van der Waals surface area contributed by atoms with Crippen LogP contribution in [0.15, 0.2) is 40.7 Å². The smallest absolute Gasteiger partial charge is 0.194 e. The van der Waals surface area contributed by atoms with Crippen molar-refractivity contribution >= 4 is 23.0 Å². The topological polar surface area (TPSA) is 43.8 Å². The zero-order valence-corrected chi connectivity index (χ0v) is 15.9. The lowest BCUT2D eigenvalue weighted by Gasteiger charge is -2.37. The SMILES string of the molecule is CCNC(=NCCc1csc(C)n1)N1CCN(c2ccccc2)CC1. The molecule has 0 saturated carbocycles. The molecule has 0 atom stereocenters. The summed E-state index contributed by atoms with van der Waals surface area (Å²) in [6.45, 7) is 9.90. The van der Waals surface area contributed by atoms with Crippen LogP contribution in [0.3, 0.4) is 0 Å². The molecule has 134 valence electrons. The predicted octanol–water partition coefficient (Wildman–Crippen LogP) is 2.78. The summed E-state index contributed by atoms with van der Waals surface area (Å²) in [5.41, 5.74) is 2.46. The van der Waals surface area contributed by atoms with Crippen molar-refractivity contribution in [2.75, 3.05) is 44.2 Å². The second-order valence-electron chi connectivity index (χ2n) is 6.15. The molecule has 0 spiro atoms. The van der Waals surface area contributed by atoms with Crippen LogP contribution in [0.4, 0.5) is 5.69 Å². The molecule has 3 rings (SSSR count). The van der Waals surface area contributed by atoms with Gasteiger partial charge < -0.3 is 15.1 Å². The standard InChI is InChI=1S/C19H27N5S/c1-3-20-19(21-10-9-17-15-25-16(2)22-17)24-13-11-23(12-14-24)18-7-5-4-6-8-18/h4-8,15H,3,9-14H2,1-2H3,(H,20,21). The number of para-hydroxylation sites is 1. The molecular weight excluding hydrogens is 330 g/mol. The fraction of sp³-hybridized carbons (Fsp3) is 0.474. The van der Waals surface area contributed by atoms with Crippen molar-refractivity contribution in [3.8, 4) is 0 Å². The molecule has 1 fully saturated rings. The minimum atomic E-state index is 0.782. The van der Waals surface area contributed by atoms with Gasteiger partial charge in [-0.25, -0.2) is 4.98 Å². The van der Waals surface area contributed by atoms with Gasteiger partial charge in [0.2, 0.25) is 0 Å². The number of benzene rings is 1. The molecule has 25 heavy (non-hydrogen) atoms. The van der Waals surface area contributed by atoms with Gasteiger partial charge in [0.25, 0.3) is 0 Å². The highest BCUT2D eigenvalue weighted by molar-refractivity contribution is 7.09. The highest BCUT2D eigenvalue weighted by atomic mass is 32.1. The predicted molar refractivity (Wildman–Crippen MR) is 107 cm³/mol. The van der Waals surface area contributed by atoms with Gasteiger partial charge in [0.15, 0.2) is 5.96 Å². The summed E-state index contributed by atoms with van der Waals surface area (Å²) in [5, 5.41) is 6.70. The van der Waals surface area contributed by atoms with Gasteiger partial charge in [-0.2, -0.15) is 0 Å². The van der Waals surface area contributed by atoms with E-state index < -0.39 is 0 Å². The van der Waals surface area contributed by atoms with E-state index in [1.165, 1.54) is 5.69 Å². The Balaban J connectivity index is 1.55. The highest BCUT2D eigenvalue weighted by Crippen LogP contribution is 2.15. The molecule has 6 heteroatoms. The normalized spacial score (nSPS) is 15.5. The average Bonchev–Trinajstić information content (AvgIpc) is 3.07. The molecule has 2 aromatic rings. The van der Waals surface area contributed by atoms with Crippen molar-refractivity contribution in [1.82, 2.24) is 15.2 Å². The number of aliphatic imine (C=N–C) groups is 1. The van der Waals surface area contributed by atoms with Crippen LogP contribution in [0.25, 0.3) is 0 Å². The first kappa shape index (κ1) is 17.7. The molecule has 1 aromatic carbocycles. The molecule has 2 heterocycles. The summed E-state index contributed by atoms with van der Waals surface area (Å²) in [6, 6.07) is 10.6. The summed E-state index contributed by atoms with van der Waals surface area (Å²) in [5.74, 6) is 1.03. The van der Waals surface area contributed by atoms with E-state index in [9.17, 15) is 0 Å². The van der Waals surface area contributed by atoms with Crippen molar-refractivity contribution in [2.45, 2.75) is 20.3 Å². The third-order valence-electron chi connectivity index (χ3n) is 4.33. The maximum absolute atomic E-state index is 4.82. The minimum absolute atomic E-state index is 0.782. The molecule has 0 amide bonds. The Hall–Kier alpha value is -2.08. The molecule has 1 aromatic heterocycles. The Morgan fingerprint density at radius 1 is 1.20 bits per heavy atom. The van der Waals surface area contributed by atoms with E-state index >= 15 is 0 Å². The second-order valence-corrected chi connectivity index (χ2v) is 7.22. The molecule has 5 nitrogen and oxygen atoms in total. The zero-order chi connectivity index (χ0) is 17.5. The van der Waals surface area contributed by atoms with Crippen molar-refractivity contribution < 1.29 is 0 Å². The van der Waals surface area contributed by atoms with E-state index in [0.29, 0.717) is 0 Å². The number of aryl methyl sites for hydroxylation is 1. The first-order valence-corrected chi connectivity index (χ1v) is 9.88. The average molecular weight is 358 g/mol. The van der Waals surface area contributed by atoms with Crippen LogP contribution in [-0.4, -0.2) is 55.1 Å². The molecular formula is C19H27N5S. The van der Waals surface area contributed by atoms with Crippen LogP contribution in [0.1, 0.15) is 17.6 Å². The van der Waals surface area contributed by atoms with Crippen molar-refractivity contribution in [3.05, 3.63) is 46.4 Å². The lowest BCUT2D eigenvalue weighted by atomic mass is 10.2. The van der Waals surface area contributed by atoms with Gasteiger partial charge >= 0.3 is 0 Å². The van der Waals surface area contributed by atoms with Gasteiger partial charge in [0.1, 0.15) is 0 Å². The number of anilines is 1. The summed E-state index contributed by atoms with van der Waals surface area (Å²) in [7, 11) is 0. The molecule has 1 aliphatic heterocycles. The quantitative estimate of drug-likeness (QED) is 0.660. The number of nitrogens with one attached hydrogen (secondary N) is 1. The summed E-state index contributed by atoms with van der Waals surface area (Å²) >= 11 is 1.71. The van der Waals surface area contributed by atoms with E-state index in [1.54, 1.807) is 11.3 Å². The third kappa shape index (κ3) is 4.95. The maximum atomic E-state index is 4.82. The van der Waals surface area contributed by atoms with E-state index in [0.717, 1.165) is 62.4 Å². The van der Waals surface area contributed by atoms with Crippen LogP contribution in [0.2, 0.25) is 0 Å². The second kappa shape index (κ2) is 8.85. The van der Waals surface area contributed by atoms with E-state index in [4.69, 9.17) is 4.99 Å². The molecule has 0 aliphatic carbocycles. The lowest BCUT2D eigenvalue weighted by molar-refractivity contribution is 0.372.